The minimum Gasteiger partial charge on any atom is -0.478 e. The normalized spacial score (nSPS) is 16.0. The van der Waals surface area contributed by atoms with E-state index in [1.807, 2.05) is 6.92 Å². The lowest BCUT2D eigenvalue weighted by Crippen LogP contribution is -2.48. The van der Waals surface area contributed by atoms with Gasteiger partial charge in [-0.25, -0.2) is 0 Å². The van der Waals surface area contributed by atoms with Crippen molar-refractivity contribution in [3.8, 4) is 5.75 Å². The molecule has 2 aromatic rings. The first-order valence-corrected chi connectivity index (χ1v) is 8.41. The van der Waals surface area contributed by atoms with Gasteiger partial charge in [-0.1, -0.05) is 6.92 Å². The van der Waals surface area contributed by atoms with Gasteiger partial charge in [0.2, 0.25) is 5.78 Å². The Bertz CT molecular complexity index is 827. The van der Waals surface area contributed by atoms with Gasteiger partial charge in [0.25, 0.3) is 5.91 Å². The van der Waals surface area contributed by atoms with Gasteiger partial charge in [-0.3, -0.25) is 19.3 Å². The van der Waals surface area contributed by atoms with Gasteiger partial charge in [0, 0.05) is 5.56 Å². The van der Waals surface area contributed by atoms with Crippen LogP contribution in [-0.2, 0) is 14.3 Å². The number of furan rings is 1. The topological polar surface area (TPSA) is 86.0 Å². The van der Waals surface area contributed by atoms with E-state index in [-0.39, 0.29) is 30.6 Å². The minimum atomic E-state index is -0.677. The fourth-order valence-electron chi connectivity index (χ4n) is 2.77. The SMILES string of the molecule is CCOC(=O)CN1C(=O)C(CC)Oc2ccc(C(=O)c3ccco3)cc21. The van der Waals surface area contributed by atoms with Crippen LogP contribution in [0.1, 0.15) is 36.4 Å². The largest absolute Gasteiger partial charge is 0.478 e. The number of ketones is 1. The van der Waals surface area contributed by atoms with Crippen molar-refractivity contribution in [3.05, 3.63) is 47.9 Å². The van der Waals surface area contributed by atoms with E-state index in [0.29, 0.717) is 23.4 Å². The summed E-state index contributed by atoms with van der Waals surface area (Å²) in [5.74, 6) is -0.547. The summed E-state index contributed by atoms with van der Waals surface area (Å²) in [4.78, 5) is 38.4. The van der Waals surface area contributed by atoms with E-state index in [1.54, 1.807) is 31.2 Å². The second-order valence-electron chi connectivity index (χ2n) is 5.73. The van der Waals surface area contributed by atoms with Crippen LogP contribution < -0.4 is 9.64 Å². The maximum Gasteiger partial charge on any atom is 0.326 e. The van der Waals surface area contributed by atoms with Crippen LogP contribution in [0.5, 0.6) is 5.75 Å². The van der Waals surface area contributed by atoms with E-state index < -0.39 is 12.1 Å². The van der Waals surface area contributed by atoms with Crippen LogP contribution in [0.25, 0.3) is 0 Å². The second-order valence-corrected chi connectivity index (χ2v) is 5.73. The molecule has 0 saturated carbocycles. The van der Waals surface area contributed by atoms with Crippen molar-refractivity contribution in [1.29, 1.82) is 0 Å². The molecule has 7 nitrogen and oxygen atoms in total. The predicted molar refractivity (Wildman–Crippen MR) is 92.3 cm³/mol. The quantitative estimate of drug-likeness (QED) is 0.583. The number of esters is 1. The molecule has 1 unspecified atom stereocenters. The number of carbonyl (C=O) groups is 3. The van der Waals surface area contributed by atoms with E-state index >= 15 is 0 Å². The summed E-state index contributed by atoms with van der Waals surface area (Å²) in [5, 5.41) is 0. The van der Waals surface area contributed by atoms with Crippen molar-refractivity contribution < 1.29 is 28.3 Å². The first-order valence-electron chi connectivity index (χ1n) is 8.41. The Hall–Kier alpha value is -3.09. The second kappa shape index (κ2) is 7.43. The number of carbonyl (C=O) groups excluding carboxylic acids is 3. The third-order valence-electron chi connectivity index (χ3n) is 4.03. The van der Waals surface area contributed by atoms with Crippen molar-refractivity contribution in [2.75, 3.05) is 18.1 Å². The molecular formula is C19H19NO6. The zero-order chi connectivity index (χ0) is 18.7. The van der Waals surface area contributed by atoms with Crippen LogP contribution >= 0.6 is 0 Å². The summed E-state index contributed by atoms with van der Waals surface area (Å²) in [7, 11) is 0. The highest BCUT2D eigenvalue weighted by Crippen LogP contribution is 2.36. The molecule has 0 spiro atoms. The third kappa shape index (κ3) is 3.33. The highest BCUT2D eigenvalue weighted by molar-refractivity contribution is 6.09. The lowest BCUT2D eigenvalue weighted by molar-refractivity contribution is -0.143. The molecule has 0 radical (unpaired) electrons. The van der Waals surface area contributed by atoms with E-state index in [0.717, 1.165) is 0 Å². The van der Waals surface area contributed by atoms with Gasteiger partial charge in [-0.2, -0.15) is 0 Å². The molecule has 0 saturated heterocycles. The average molecular weight is 357 g/mol. The van der Waals surface area contributed by atoms with Gasteiger partial charge in [0.1, 0.15) is 12.3 Å². The number of rotatable bonds is 6. The van der Waals surface area contributed by atoms with E-state index in [1.165, 1.54) is 17.2 Å². The Morgan fingerprint density at radius 1 is 1.23 bits per heavy atom. The number of hydrogen-bond acceptors (Lipinski definition) is 6. The monoisotopic (exact) mass is 357 g/mol. The maximum atomic E-state index is 12.7. The van der Waals surface area contributed by atoms with Gasteiger partial charge in [0.15, 0.2) is 11.9 Å². The number of amides is 1. The Morgan fingerprint density at radius 2 is 2.04 bits per heavy atom. The Morgan fingerprint density at radius 3 is 2.69 bits per heavy atom. The fraction of sp³-hybridized carbons (Fsp3) is 0.316. The summed E-state index contributed by atoms with van der Waals surface area (Å²) in [6.07, 6.45) is 1.20. The zero-order valence-corrected chi connectivity index (χ0v) is 14.6. The number of fused-ring (bicyclic) bond motifs is 1. The molecule has 0 N–H and O–H groups in total. The maximum absolute atomic E-state index is 12.7. The average Bonchev–Trinajstić information content (AvgIpc) is 3.17. The molecule has 1 amide bonds. The molecule has 7 heteroatoms. The van der Waals surface area contributed by atoms with Crippen molar-refractivity contribution in [1.82, 2.24) is 0 Å². The molecule has 0 aliphatic carbocycles. The lowest BCUT2D eigenvalue weighted by atomic mass is 10.0. The van der Waals surface area contributed by atoms with Gasteiger partial charge >= 0.3 is 5.97 Å². The molecule has 1 aliphatic heterocycles. The Kier molecular flexibility index (Phi) is 5.06. The van der Waals surface area contributed by atoms with Crippen LogP contribution in [-0.4, -0.2) is 36.9 Å². The molecule has 136 valence electrons. The zero-order valence-electron chi connectivity index (χ0n) is 14.6. The highest BCUT2D eigenvalue weighted by atomic mass is 16.5. The highest BCUT2D eigenvalue weighted by Gasteiger charge is 2.35. The minimum absolute atomic E-state index is 0.191. The molecule has 0 bridgehead atoms. The number of benzene rings is 1. The molecule has 26 heavy (non-hydrogen) atoms. The number of nitrogens with zero attached hydrogens (tertiary/aromatic N) is 1. The van der Waals surface area contributed by atoms with Crippen molar-refractivity contribution in [2.24, 2.45) is 0 Å². The molecule has 1 aromatic carbocycles. The summed E-state index contributed by atoms with van der Waals surface area (Å²) in [5.41, 5.74) is 0.698. The molecule has 2 heterocycles. The molecule has 0 fully saturated rings. The molecular weight excluding hydrogens is 338 g/mol. The molecule has 3 rings (SSSR count). The number of ether oxygens (including phenoxy) is 2. The standard InChI is InChI=1S/C19H19NO6/c1-3-14-19(23)20(11-17(21)24-4-2)13-10-12(7-8-15(13)26-14)18(22)16-6-5-9-25-16/h5-10,14H,3-4,11H2,1-2H3. The molecule has 1 atom stereocenters. The first-order chi connectivity index (χ1) is 12.5. The van der Waals surface area contributed by atoms with Crippen LogP contribution in [0.3, 0.4) is 0 Å². The van der Waals surface area contributed by atoms with Gasteiger partial charge in [-0.15, -0.1) is 0 Å². The predicted octanol–water partition coefficient (Wildman–Crippen LogP) is 2.58. The van der Waals surface area contributed by atoms with Gasteiger partial charge in [0.05, 0.1) is 18.6 Å². The number of anilines is 1. The fourth-order valence-corrected chi connectivity index (χ4v) is 2.77. The third-order valence-corrected chi connectivity index (χ3v) is 4.03. The molecule has 1 aliphatic rings. The van der Waals surface area contributed by atoms with Crippen LogP contribution in [0.4, 0.5) is 5.69 Å². The van der Waals surface area contributed by atoms with Gasteiger partial charge < -0.3 is 13.9 Å². The smallest absolute Gasteiger partial charge is 0.326 e. The Labute approximate surface area is 150 Å². The lowest BCUT2D eigenvalue weighted by Gasteiger charge is -2.33. The van der Waals surface area contributed by atoms with Crippen LogP contribution in [0, 0.1) is 0 Å². The Balaban J connectivity index is 1.98. The van der Waals surface area contributed by atoms with Crippen molar-refractivity contribution in [2.45, 2.75) is 26.4 Å². The first kappa shape index (κ1) is 17.7. The molecule has 1 aromatic heterocycles. The number of hydrogen-bond donors (Lipinski definition) is 0. The van der Waals surface area contributed by atoms with Crippen molar-refractivity contribution >= 4 is 23.3 Å². The summed E-state index contributed by atoms with van der Waals surface area (Å²) < 4.78 is 15.8. The van der Waals surface area contributed by atoms with Gasteiger partial charge in [-0.05, 0) is 43.7 Å². The summed E-state index contributed by atoms with van der Waals surface area (Å²) in [6.45, 7) is 3.50. The van der Waals surface area contributed by atoms with Crippen molar-refractivity contribution in [3.63, 3.8) is 0 Å². The summed E-state index contributed by atoms with van der Waals surface area (Å²) >= 11 is 0. The summed E-state index contributed by atoms with van der Waals surface area (Å²) in [6, 6.07) is 7.95. The van der Waals surface area contributed by atoms with Crippen LogP contribution in [0.15, 0.2) is 41.0 Å². The van der Waals surface area contributed by atoms with E-state index in [9.17, 15) is 14.4 Å². The van der Waals surface area contributed by atoms with E-state index in [4.69, 9.17) is 13.9 Å². The van der Waals surface area contributed by atoms with Crippen LogP contribution in [0.2, 0.25) is 0 Å². The van der Waals surface area contributed by atoms with E-state index in [2.05, 4.69) is 0 Å².